The van der Waals surface area contributed by atoms with E-state index in [2.05, 4.69) is 16.2 Å². The van der Waals surface area contributed by atoms with Gasteiger partial charge in [-0.15, -0.1) is 23.5 Å². The van der Waals surface area contributed by atoms with E-state index in [9.17, 15) is 4.79 Å². The average Bonchev–Trinajstić information content (AvgIpc) is 3.26. The smallest absolute Gasteiger partial charge is 0.269 e. The SMILES string of the molecule is O=C(NNC(=S)NC1CCCC1)c1ccc(C2SCCS2)cc1. The zero-order valence-electron chi connectivity index (χ0n) is 12.8. The van der Waals surface area contributed by atoms with Crippen LogP contribution in [-0.2, 0) is 0 Å². The van der Waals surface area contributed by atoms with Gasteiger partial charge >= 0.3 is 0 Å². The first-order valence-corrected chi connectivity index (χ1v) is 10.4. The van der Waals surface area contributed by atoms with E-state index < -0.39 is 0 Å². The molecule has 1 aliphatic carbocycles. The molecule has 1 amide bonds. The quantitative estimate of drug-likeness (QED) is 0.563. The van der Waals surface area contributed by atoms with Crippen molar-refractivity contribution >= 4 is 46.8 Å². The third-order valence-electron chi connectivity index (χ3n) is 4.05. The molecule has 2 fully saturated rings. The topological polar surface area (TPSA) is 53.2 Å². The van der Waals surface area contributed by atoms with Crippen molar-refractivity contribution in [3.8, 4) is 0 Å². The molecule has 0 radical (unpaired) electrons. The molecular weight excluding hydrogens is 346 g/mol. The second kappa shape index (κ2) is 8.26. The largest absolute Gasteiger partial charge is 0.359 e. The Bertz CT molecular complexity index is 552. The normalized spacial score (nSPS) is 18.8. The molecule has 3 rings (SSSR count). The summed E-state index contributed by atoms with van der Waals surface area (Å²) in [6.07, 6.45) is 4.79. The Morgan fingerprint density at radius 1 is 1.04 bits per heavy atom. The first-order chi connectivity index (χ1) is 11.2. The van der Waals surface area contributed by atoms with Gasteiger partial charge in [-0.2, -0.15) is 0 Å². The summed E-state index contributed by atoms with van der Waals surface area (Å²) in [6, 6.07) is 8.27. The maximum Gasteiger partial charge on any atom is 0.269 e. The first kappa shape index (κ1) is 16.9. The molecule has 0 aromatic heterocycles. The van der Waals surface area contributed by atoms with Crippen molar-refractivity contribution in [1.82, 2.24) is 16.2 Å². The molecule has 1 aromatic rings. The van der Waals surface area contributed by atoms with Gasteiger partial charge in [-0.3, -0.25) is 15.6 Å². The maximum absolute atomic E-state index is 12.1. The fraction of sp³-hybridized carbons (Fsp3) is 0.500. The minimum atomic E-state index is -0.168. The first-order valence-electron chi connectivity index (χ1n) is 7.92. The van der Waals surface area contributed by atoms with E-state index in [-0.39, 0.29) is 5.91 Å². The molecule has 124 valence electrons. The van der Waals surface area contributed by atoms with Crippen LogP contribution in [0.15, 0.2) is 24.3 Å². The predicted octanol–water partition coefficient (Wildman–Crippen LogP) is 3.22. The highest BCUT2D eigenvalue weighted by Gasteiger charge is 2.19. The number of hydrazine groups is 1. The van der Waals surface area contributed by atoms with Gasteiger partial charge in [-0.1, -0.05) is 25.0 Å². The van der Waals surface area contributed by atoms with Crippen LogP contribution in [0.25, 0.3) is 0 Å². The Labute approximate surface area is 150 Å². The molecule has 0 unspecified atom stereocenters. The molecule has 4 nitrogen and oxygen atoms in total. The van der Waals surface area contributed by atoms with Crippen molar-refractivity contribution in [2.75, 3.05) is 11.5 Å². The zero-order valence-corrected chi connectivity index (χ0v) is 15.3. The summed E-state index contributed by atoms with van der Waals surface area (Å²) in [4.78, 5) is 12.1. The van der Waals surface area contributed by atoms with Gasteiger partial charge in [-0.25, -0.2) is 0 Å². The van der Waals surface area contributed by atoms with E-state index in [4.69, 9.17) is 12.2 Å². The van der Waals surface area contributed by atoms with Crippen LogP contribution in [0.5, 0.6) is 0 Å². The van der Waals surface area contributed by atoms with Crippen molar-refractivity contribution in [1.29, 1.82) is 0 Å². The van der Waals surface area contributed by atoms with Crippen molar-refractivity contribution < 1.29 is 4.79 Å². The van der Waals surface area contributed by atoms with E-state index in [0.717, 1.165) is 12.8 Å². The van der Waals surface area contributed by atoms with Crippen molar-refractivity contribution in [2.24, 2.45) is 0 Å². The van der Waals surface area contributed by atoms with E-state index in [1.807, 2.05) is 47.8 Å². The molecule has 2 aliphatic rings. The highest BCUT2D eigenvalue weighted by molar-refractivity contribution is 8.19. The number of amides is 1. The number of benzene rings is 1. The van der Waals surface area contributed by atoms with Crippen LogP contribution in [-0.4, -0.2) is 28.6 Å². The average molecular weight is 368 g/mol. The van der Waals surface area contributed by atoms with Crippen LogP contribution < -0.4 is 16.2 Å². The number of carbonyl (C=O) groups is 1. The number of hydrogen-bond donors (Lipinski definition) is 3. The van der Waals surface area contributed by atoms with Gasteiger partial charge < -0.3 is 5.32 Å². The van der Waals surface area contributed by atoms with Gasteiger partial charge in [0.15, 0.2) is 5.11 Å². The summed E-state index contributed by atoms with van der Waals surface area (Å²) in [6.45, 7) is 0. The lowest BCUT2D eigenvalue weighted by atomic mass is 10.1. The Hall–Kier alpha value is -0.920. The highest BCUT2D eigenvalue weighted by atomic mass is 32.2. The Balaban J connectivity index is 1.46. The fourth-order valence-corrected chi connectivity index (χ4v) is 5.90. The predicted molar refractivity (Wildman–Crippen MR) is 103 cm³/mol. The lowest BCUT2D eigenvalue weighted by Gasteiger charge is -2.16. The summed E-state index contributed by atoms with van der Waals surface area (Å²) < 4.78 is 0.508. The lowest BCUT2D eigenvalue weighted by molar-refractivity contribution is 0.0943. The molecule has 1 saturated heterocycles. The summed E-state index contributed by atoms with van der Waals surface area (Å²) >= 11 is 9.14. The standard InChI is InChI=1S/C16H21N3OS3/c20-14(18-19-16(21)17-13-3-1-2-4-13)11-5-7-12(8-6-11)15-22-9-10-23-15/h5-8,13,15H,1-4,9-10H2,(H,18,20)(H2,17,19,21). The third-order valence-corrected chi connectivity index (χ3v) is 7.37. The van der Waals surface area contributed by atoms with Gasteiger partial charge in [-0.05, 0) is 42.8 Å². The molecule has 7 heteroatoms. The van der Waals surface area contributed by atoms with Gasteiger partial charge in [0.2, 0.25) is 0 Å². The molecule has 1 saturated carbocycles. The Morgan fingerprint density at radius 2 is 1.70 bits per heavy atom. The van der Waals surface area contributed by atoms with Crippen molar-refractivity contribution in [3.05, 3.63) is 35.4 Å². The molecule has 1 aromatic carbocycles. The van der Waals surface area contributed by atoms with Gasteiger partial charge in [0.1, 0.15) is 0 Å². The van der Waals surface area contributed by atoms with Crippen LogP contribution in [0.2, 0.25) is 0 Å². The highest BCUT2D eigenvalue weighted by Crippen LogP contribution is 2.45. The van der Waals surface area contributed by atoms with Crippen LogP contribution in [0, 0.1) is 0 Å². The molecule has 1 heterocycles. The second-order valence-corrected chi connectivity index (χ2v) is 8.86. The van der Waals surface area contributed by atoms with Crippen molar-refractivity contribution in [2.45, 2.75) is 36.3 Å². The van der Waals surface area contributed by atoms with Crippen LogP contribution >= 0.6 is 35.7 Å². The third kappa shape index (κ3) is 4.78. The minimum absolute atomic E-state index is 0.168. The maximum atomic E-state index is 12.1. The zero-order chi connectivity index (χ0) is 16.1. The van der Waals surface area contributed by atoms with Crippen LogP contribution in [0.1, 0.15) is 46.2 Å². The number of nitrogens with one attached hydrogen (secondary N) is 3. The number of thioether (sulfide) groups is 2. The second-order valence-electron chi connectivity index (χ2n) is 5.73. The van der Waals surface area contributed by atoms with Crippen LogP contribution in [0.3, 0.4) is 0 Å². The summed E-state index contributed by atoms with van der Waals surface area (Å²) in [7, 11) is 0. The monoisotopic (exact) mass is 367 g/mol. The fourth-order valence-electron chi connectivity index (χ4n) is 2.82. The molecule has 23 heavy (non-hydrogen) atoms. The number of hydrogen-bond acceptors (Lipinski definition) is 4. The summed E-state index contributed by atoms with van der Waals surface area (Å²) in [5.74, 6) is 2.23. The Kier molecular flexibility index (Phi) is 6.08. The van der Waals surface area contributed by atoms with Crippen molar-refractivity contribution in [3.63, 3.8) is 0 Å². The van der Waals surface area contributed by atoms with E-state index in [1.54, 1.807) is 0 Å². The van der Waals surface area contributed by atoms with Gasteiger partial charge in [0.05, 0.1) is 4.58 Å². The molecule has 0 spiro atoms. The van der Waals surface area contributed by atoms with Crippen LogP contribution in [0.4, 0.5) is 0 Å². The minimum Gasteiger partial charge on any atom is -0.359 e. The van der Waals surface area contributed by atoms with E-state index in [0.29, 0.717) is 21.3 Å². The summed E-state index contributed by atoms with van der Waals surface area (Å²) in [5.41, 5.74) is 7.36. The Morgan fingerprint density at radius 3 is 2.35 bits per heavy atom. The lowest BCUT2D eigenvalue weighted by Crippen LogP contribution is -2.49. The molecule has 0 bridgehead atoms. The van der Waals surface area contributed by atoms with E-state index >= 15 is 0 Å². The number of carbonyl (C=O) groups excluding carboxylic acids is 1. The molecular formula is C16H21N3OS3. The van der Waals surface area contributed by atoms with Gasteiger partial charge in [0, 0.05) is 23.1 Å². The van der Waals surface area contributed by atoms with Gasteiger partial charge in [0.25, 0.3) is 5.91 Å². The molecule has 0 atom stereocenters. The number of thiocarbonyl (C=S) groups is 1. The summed E-state index contributed by atoms with van der Waals surface area (Å²) in [5, 5.41) is 3.72. The molecule has 3 N–H and O–H groups in total. The van der Waals surface area contributed by atoms with E-state index in [1.165, 1.54) is 29.9 Å². The molecule has 1 aliphatic heterocycles. The number of rotatable bonds is 3.